The lowest BCUT2D eigenvalue weighted by Gasteiger charge is -2.20. The maximum Gasteiger partial charge on any atom is 0.323 e. The number of hydrogen-bond donors (Lipinski definition) is 1. The molecule has 104 valence electrons. The van der Waals surface area contributed by atoms with E-state index in [0.717, 1.165) is 11.3 Å². The Hall–Kier alpha value is -1.95. The minimum atomic E-state index is -1.04. The zero-order valence-electron chi connectivity index (χ0n) is 11.1. The summed E-state index contributed by atoms with van der Waals surface area (Å²) in [6.45, 7) is 2.12. The number of rotatable bonds is 7. The third kappa shape index (κ3) is 5.48. The molecular weight excluding hydrogens is 248 g/mol. The number of carbonyl (C=O) groups is 2. The van der Waals surface area contributed by atoms with Crippen LogP contribution in [0.4, 0.5) is 0 Å². The van der Waals surface area contributed by atoms with Crippen LogP contribution in [0.25, 0.3) is 0 Å². The van der Waals surface area contributed by atoms with E-state index in [0.29, 0.717) is 6.61 Å². The number of amides is 1. The van der Waals surface area contributed by atoms with E-state index in [4.69, 9.17) is 9.84 Å². The van der Waals surface area contributed by atoms with E-state index in [1.54, 1.807) is 6.20 Å². The van der Waals surface area contributed by atoms with E-state index in [1.165, 1.54) is 12.0 Å². The molecule has 0 bridgehead atoms. The molecule has 0 aromatic carbocycles. The number of methoxy groups -OCH3 is 1. The summed E-state index contributed by atoms with van der Waals surface area (Å²) in [5, 5.41) is 8.79. The van der Waals surface area contributed by atoms with Gasteiger partial charge in [-0.05, 0) is 18.6 Å². The molecule has 0 saturated heterocycles. The highest BCUT2D eigenvalue weighted by atomic mass is 16.5. The first kappa shape index (κ1) is 15.1. The highest BCUT2D eigenvalue weighted by Gasteiger charge is 2.16. The maximum absolute atomic E-state index is 12.0. The topological polar surface area (TPSA) is 79.7 Å². The van der Waals surface area contributed by atoms with E-state index in [1.807, 2.05) is 19.1 Å². The van der Waals surface area contributed by atoms with E-state index in [2.05, 4.69) is 4.98 Å². The summed E-state index contributed by atoms with van der Waals surface area (Å²) in [6.07, 6.45) is 1.77. The zero-order chi connectivity index (χ0) is 14.3. The first-order valence-electron chi connectivity index (χ1n) is 5.93. The molecule has 0 spiro atoms. The van der Waals surface area contributed by atoms with Crippen molar-refractivity contribution in [2.24, 2.45) is 0 Å². The number of hydrogen-bond acceptors (Lipinski definition) is 4. The van der Waals surface area contributed by atoms with Gasteiger partial charge in [0.1, 0.15) is 6.54 Å². The molecule has 1 amide bonds. The lowest BCUT2D eigenvalue weighted by molar-refractivity contribution is -0.144. The number of aryl methyl sites for hydroxylation is 1. The van der Waals surface area contributed by atoms with Crippen LogP contribution in [0.2, 0.25) is 0 Å². The van der Waals surface area contributed by atoms with Crippen molar-refractivity contribution in [2.45, 2.75) is 13.3 Å². The van der Waals surface area contributed by atoms with Gasteiger partial charge in [0.05, 0.1) is 13.0 Å². The molecule has 0 radical (unpaired) electrons. The Bertz CT molecular complexity index is 431. The number of carbonyl (C=O) groups excluding carboxylic acids is 1. The molecule has 0 aliphatic heterocycles. The molecule has 0 saturated carbocycles. The minimum absolute atomic E-state index is 0.143. The van der Waals surface area contributed by atoms with Gasteiger partial charge in [-0.25, -0.2) is 0 Å². The molecular formula is C13H18N2O4. The third-order valence-electron chi connectivity index (χ3n) is 2.57. The zero-order valence-corrected chi connectivity index (χ0v) is 11.1. The van der Waals surface area contributed by atoms with Crippen molar-refractivity contribution in [1.29, 1.82) is 0 Å². The van der Waals surface area contributed by atoms with Gasteiger partial charge < -0.3 is 14.7 Å². The summed E-state index contributed by atoms with van der Waals surface area (Å²) in [6, 6.07) is 3.63. The first-order valence-corrected chi connectivity index (χ1v) is 5.93. The van der Waals surface area contributed by atoms with Gasteiger partial charge in [-0.15, -0.1) is 0 Å². The molecule has 0 aliphatic rings. The van der Waals surface area contributed by atoms with Crippen molar-refractivity contribution in [3.8, 4) is 0 Å². The molecule has 1 heterocycles. The van der Waals surface area contributed by atoms with Gasteiger partial charge >= 0.3 is 5.97 Å². The van der Waals surface area contributed by atoms with Gasteiger partial charge in [0.15, 0.2) is 0 Å². The number of aliphatic carboxylic acids is 1. The fourth-order valence-electron chi connectivity index (χ4n) is 1.55. The Balaban J connectivity index is 2.64. The summed E-state index contributed by atoms with van der Waals surface area (Å²) in [5.74, 6) is -1.28. The SMILES string of the molecule is COCCN(CC(=O)O)C(=O)Cc1ccc(C)nc1. The second-order valence-corrected chi connectivity index (χ2v) is 4.19. The fourth-order valence-corrected chi connectivity index (χ4v) is 1.55. The van der Waals surface area contributed by atoms with E-state index in [9.17, 15) is 9.59 Å². The predicted molar refractivity (Wildman–Crippen MR) is 68.8 cm³/mol. The van der Waals surface area contributed by atoms with E-state index < -0.39 is 5.97 Å². The van der Waals surface area contributed by atoms with Gasteiger partial charge in [-0.1, -0.05) is 6.07 Å². The van der Waals surface area contributed by atoms with E-state index in [-0.39, 0.29) is 25.4 Å². The van der Waals surface area contributed by atoms with Crippen LogP contribution in [0.3, 0.4) is 0 Å². The Morgan fingerprint density at radius 1 is 1.42 bits per heavy atom. The fraction of sp³-hybridized carbons (Fsp3) is 0.462. The summed E-state index contributed by atoms with van der Waals surface area (Å²) in [4.78, 5) is 28.1. The van der Waals surface area contributed by atoms with Crippen molar-refractivity contribution >= 4 is 11.9 Å². The monoisotopic (exact) mass is 266 g/mol. The maximum atomic E-state index is 12.0. The normalized spacial score (nSPS) is 10.2. The lowest BCUT2D eigenvalue weighted by Crippen LogP contribution is -2.38. The molecule has 0 unspecified atom stereocenters. The molecule has 6 heteroatoms. The van der Waals surface area contributed by atoms with Crippen LogP contribution in [-0.4, -0.2) is 53.7 Å². The highest BCUT2D eigenvalue weighted by Crippen LogP contribution is 2.03. The van der Waals surface area contributed by atoms with Crippen LogP contribution in [0.1, 0.15) is 11.3 Å². The Morgan fingerprint density at radius 3 is 2.68 bits per heavy atom. The molecule has 6 nitrogen and oxygen atoms in total. The van der Waals surface area contributed by atoms with Crippen LogP contribution in [0, 0.1) is 6.92 Å². The minimum Gasteiger partial charge on any atom is -0.480 e. The molecule has 1 aromatic heterocycles. The van der Waals surface area contributed by atoms with Crippen LogP contribution in [0.5, 0.6) is 0 Å². The van der Waals surface area contributed by atoms with Crippen molar-refractivity contribution in [3.63, 3.8) is 0 Å². The summed E-state index contributed by atoms with van der Waals surface area (Å²) >= 11 is 0. The number of pyridine rings is 1. The number of nitrogens with zero attached hydrogens (tertiary/aromatic N) is 2. The number of carboxylic acid groups (broad SMARTS) is 1. The predicted octanol–water partition coefficient (Wildman–Crippen LogP) is 0.492. The number of carboxylic acids is 1. The molecule has 0 aliphatic carbocycles. The summed E-state index contributed by atoms with van der Waals surface area (Å²) in [5.41, 5.74) is 1.64. The number of aromatic nitrogens is 1. The largest absolute Gasteiger partial charge is 0.480 e. The van der Waals surface area contributed by atoms with Gasteiger partial charge in [0, 0.05) is 25.5 Å². The van der Waals surface area contributed by atoms with Gasteiger partial charge in [0.2, 0.25) is 5.91 Å². The average molecular weight is 266 g/mol. The second kappa shape index (κ2) is 7.48. The Labute approximate surface area is 112 Å². The molecule has 19 heavy (non-hydrogen) atoms. The van der Waals surface area contributed by atoms with Crippen LogP contribution in [0.15, 0.2) is 18.3 Å². The molecule has 0 atom stereocenters. The second-order valence-electron chi connectivity index (χ2n) is 4.19. The molecule has 1 N–H and O–H groups in total. The van der Waals surface area contributed by atoms with Gasteiger partial charge in [0.25, 0.3) is 0 Å². The molecule has 0 fully saturated rings. The third-order valence-corrected chi connectivity index (χ3v) is 2.57. The van der Waals surface area contributed by atoms with Crippen LogP contribution >= 0.6 is 0 Å². The lowest BCUT2D eigenvalue weighted by atomic mass is 10.2. The first-order chi connectivity index (χ1) is 9.02. The Kier molecular flexibility index (Phi) is 5.95. The summed E-state index contributed by atoms with van der Waals surface area (Å²) in [7, 11) is 1.51. The van der Waals surface area contributed by atoms with Gasteiger partial charge in [-0.2, -0.15) is 0 Å². The van der Waals surface area contributed by atoms with Crippen LogP contribution < -0.4 is 0 Å². The van der Waals surface area contributed by atoms with Crippen molar-refractivity contribution in [2.75, 3.05) is 26.8 Å². The van der Waals surface area contributed by atoms with Crippen molar-refractivity contribution in [3.05, 3.63) is 29.6 Å². The number of ether oxygens (including phenoxy) is 1. The van der Waals surface area contributed by atoms with Crippen molar-refractivity contribution in [1.82, 2.24) is 9.88 Å². The molecule has 1 aromatic rings. The highest BCUT2D eigenvalue weighted by molar-refractivity contribution is 5.82. The van der Waals surface area contributed by atoms with E-state index >= 15 is 0 Å². The quantitative estimate of drug-likeness (QED) is 0.777. The standard InChI is InChI=1S/C13H18N2O4/c1-10-3-4-11(8-14-10)7-12(16)15(5-6-19-2)9-13(17)18/h3-4,8H,5-7,9H2,1-2H3,(H,17,18). The molecule has 1 rings (SSSR count). The summed E-state index contributed by atoms with van der Waals surface area (Å²) < 4.78 is 4.87. The average Bonchev–Trinajstić information content (AvgIpc) is 2.36. The Morgan fingerprint density at radius 2 is 2.16 bits per heavy atom. The smallest absolute Gasteiger partial charge is 0.323 e. The van der Waals surface area contributed by atoms with Gasteiger partial charge in [-0.3, -0.25) is 14.6 Å². The van der Waals surface area contributed by atoms with Crippen molar-refractivity contribution < 1.29 is 19.4 Å². The van der Waals surface area contributed by atoms with Crippen LogP contribution in [-0.2, 0) is 20.7 Å².